The summed E-state index contributed by atoms with van der Waals surface area (Å²) in [7, 11) is 5.97. The first-order chi connectivity index (χ1) is 33.6. The summed E-state index contributed by atoms with van der Waals surface area (Å²) in [6.45, 7) is 4.78. The van der Waals surface area contributed by atoms with Gasteiger partial charge in [-0.1, -0.05) is 235 Å². The number of rotatable bonds is 52. The molecule has 2 atom stereocenters. The van der Waals surface area contributed by atoms with Crippen LogP contribution in [-0.2, 0) is 33.3 Å². The molecule has 2 unspecified atom stereocenters. The van der Waals surface area contributed by atoms with E-state index in [4.69, 9.17) is 18.9 Å². The van der Waals surface area contributed by atoms with E-state index in [1.807, 2.05) is 21.1 Å². The van der Waals surface area contributed by atoms with Crippen LogP contribution in [0.2, 0.25) is 0 Å². The number of carboxylic acids is 1. The minimum absolute atomic E-state index is 0.180. The Balaban J connectivity index is 4.19. The Bertz CT molecular complexity index is 1310. The van der Waals surface area contributed by atoms with Crippen LogP contribution in [0.5, 0.6) is 0 Å². The topological polar surface area (TPSA) is 108 Å². The lowest BCUT2D eigenvalue weighted by Crippen LogP contribution is -2.40. The summed E-state index contributed by atoms with van der Waals surface area (Å²) in [5, 5.41) is 9.69. The highest BCUT2D eigenvalue weighted by molar-refractivity contribution is 5.71. The van der Waals surface area contributed by atoms with Gasteiger partial charge in [-0.25, -0.2) is 4.79 Å². The molecule has 0 heterocycles. The van der Waals surface area contributed by atoms with Gasteiger partial charge in [-0.05, 0) is 57.8 Å². The number of hydrogen-bond donors (Lipinski definition) is 1. The molecule has 0 aromatic carbocycles. The summed E-state index contributed by atoms with van der Waals surface area (Å²) in [5.41, 5.74) is 0. The quantitative estimate of drug-likeness (QED) is 0.0211. The van der Waals surface area contributed by atoms with Crippen molar-refractivity contribution in [2.45, 2.75) is 257 Å². The maximum atomic E-state index is 12.9. The Morgan fingerprint density at radius 1 is 0.449 bits per heavy atom. The maximum Gasteiger partial charge on any atom is 0.361 e. The molecule has 0 spiro atoms. The van der Waals surface area contributed by atoms with Gasteiger partial charge in [-0.2, -0.15) is 0 Å². The van der Waals surface area contributed by atoms with E-state index in [2.05, 4.69) is 74.6 Å². The molecule has 0 aliphatic heterocycles. The third-order valence-electron chi connectivity index (χ3n) is 12.3. The van der Waals surface area contributed by atoms with Gasteiger partial charge < -0.3 is 28.5 Å². The number of ether oxygens (including phenoxy) is 4. The van der Waals surface area contributed by atoms with Crippen LogP contribution in [0.4, 0.5) is 0 Å². The fraction of sp³-hybridized carbons (Fsp3) is 0.783. The molecule has 0 aliphatic carbocycles. The highest BCUT2D eigenvalue weighted by atomic mass is 16.7. The van der Waals surface area contributed by atoms with Gasteiger partial charge in [0.15, 0.2) is 6.10 Å². The lowest BCUT2D eigenvalue weighted by molar-refractivity contribution is -0.870. The van der Waals surface area contributed by atoms with Crippen molar-refractivity contribution >= 4 is 17.9 Å². The van der Waals surface area contributed by atoms with Crippen molar-refractivity contribution in [1.29, 1.82) is 0 Å². The van der Waals surface area contributed by atoms with Gasteiger partial charge in [-0.15, -0.1) is 0 Å². The van der Waals surface area contributed by atoms with Gasteiger partial charge in [0.1, 0.15) is 13.2 Å². The summed E-state index contributed by atoms with van der Waals surface area (Å²) in [6, 6.07) is 0. The summed E-state index contributed by atoms with van der Waals surface area (Å²) in [6.07, 6.45) is 61.5. The number of likely N-dealkylation sites (N-methyl/N-ethyl adjacent to an activating group) is 1. The first-order valence-corrected chi connectivity index (χ1v) is 28.5. The SMILES string of the molecule is CC/C=C\C/C=C\C/C=C\C/C=C\C/C=C\CCCCCCCCCCCCCCCC(=O)OC(COC(=O)CCCCCCCCCCCCCCCCC)COC(OCC[N+](C)(C)C)C(=O)O. The molecule has 0 aromatic rings. The second-order valence-electron chi connectivity index (χ2n) is 20.2. The standard InChI is InChI=1S/C60H107NO8/c1-6-8-10-12-14-16-18-20-22-23-24-25-26-27-28-29-30-31-32-33-34-35-37-39-41-43-45-47-49-51-58(63)69-56(55-68-60(59(64)65)66-53-52-61(3,4)5)54-67-57(62)50-48-46-44-42-40-38-36-21-19-17-15-13-11-9-7-2/h8,10,14,16,20,22,24-25,27-28,56,60H,6-7,9,11-13,15,17-19,21,23,26,29-55H2,1-5H3/p+1/b10-8-,16-14-,22-20-,25-24-,28-27-. The fourth-order valence-electron chi connectivity index (χ4n) is 7.92. The van der Waals surface area contributed by atoms with Crippen LogP contribution in [-0.4, -0.2) is 87.4 Å². The van der Waals surface area contributed by atoms with Crippen LogP contribution >= 0.6 is 0 Å². The van der Waals surface area contributed by atoms with E-state index in [1.165, 1.54) is 148 Å². The molecule has 0 saturated heterocycles. The number of carbonyl (C=O) groups is 3. The average Bonchev–Trinajstić information content (AvgIpc) is 3.31. The van der Waals surface area contributed by atoms with Crippen molar-refractivity contribution in [2.24, 2.45) is 0 Å². The third kappa shape index (κ3) is 52.6. The van der Waals surface area contributed by atoms with E-state index in [1.54, 1.807) is 0 Å². The zero-order valence-electron chi connectivity index (χ0n) is 45.5. The first kappa shape index (κ1) is 66.0. The highest BCUT2D eigenvalue weighted by Gasteiger charge is 2.25. The van der Waals surface area contributed by atoms with Crippen molar-refractivity contribution in [3.8, 4) is 0 Å². The molecule has 9 nitrogen and oxygen atoms in total. The van der Waals surface area contributed by atoms with Crippen molar-refractivity contribution < 1.29 is 42.9 Å². The summed E-state index contributed by atoms with van der Waals surface area (Å²) in [4.78, 5) is 37.4. The van der Waals surface area contributed by atoms with Crippen molar-refractivity contribution in [3.63, 3.8) is 0 Å². The van der Waals surface area contributed by atoms with Crippen molar-refractivity contribution in [3.05, 3.63) is 60.8 Å². The van der Waals surface area contributed by atoms with E-state index in [9.17, 15) is 19.5 Å². The van der Waals surface area contributed by atoms with E-state index in [-0.39, 0.29) is 32.2 Å². The highest BCUT2D eigenvalue weighted by Crippen LogP contribution is 2.16. The molecule has 0 amide bonds. The van der Waals surface area contributed by atoms with Gasteiger partial charge in [0.25, 0.3) is 6.29 Å². The van der Waals surface area contributed by atoms with E-state index >= 15 is 0 Å². The monoisotopic (exact) mass is 971 g/mol. The molecule has 0 aliphatic rings. The lowest BCUT2D eigenvalue weighted by atomic mass is 10.0. The first-order valence-electron chi connectivity index (χ1n) is 28.5. The lowest BCUT2D eigenvalue weighted by Gasteiger charge is -2.25. The second-order valence-corrected chi connectivity index (χ2v) is 20.2. The van der Waals surface area contributed by atoms with Crippen LogP contribution < -0.4 is 0 Å². The normalized spacial score (nSPS) is 13.2. The zero-order valence-corrected chi connectivity index (χ0v) is 45.5. The van der Waals surface area contributed by atoms with Gasteiger partial charge >= 0.3 is 17.9 Å². The summed E-state index contributed by atoms with van der Waals surface area (Å²) in [5.74, 6) is -2.00. The van der Waals surface area contributed by atoms with Gasteiger partial charge in [0, 0.05) is 12.8 Å². The van der Waals surface area contributed by atoms with Gasteiger partial charge in [-0.3, -0.25) is 9.59 Å². The molecule has 400 valence electrons. The van der Waals surface area contributed by atoms with Crippen LogP contribution in [0.15, 0.2) is 60.8 Å². The number of allylic oxidation sites excluding steroid dienone is 10. The number of quaternary nitrogens is 1. The van der Waals surface area contributed by atoms with Crippen molar-refractivity contribution in [2.75, 3.05) is 47.5 Å². The molecule has 0 radical (unpaired) electrons. The number of nitrogens with zero attached hydrogens (tertiary/aromatic N) is 1. The molecule has 9 heteroatoms. The minimum atomic E-state index is -1.51. The molecule has 1 N–H and O–H groups in total. The predicted octanol–water partition coefficient (Wildman–Crippen LogP) is 16.5. The Hall–Kier alpha value is -3.01. The smallest absolute Gasteiger partial charge is 0.361 e. The van der Waals surface area contributed by atoms with Crippen LogP contribution in [0.25, 0.3) is 0 Å². The number of aliphatic carboxylic acids is 1. The van der Waals surface area contributed by atoms with Crippen LogP contribution in [0.1, 0.15) is 245 Å². The molecular weight excluding hydrogens is 863 g/mol. The minimum Gasteiger partial charge on any atom is -0.477 e. The number of esters is 2. The molecule has 0 saturated carbocycles. The Morgan fingerprint density at radius 3 is 1.23 bits per heavy atom. The predicted molar refractivity (Wildman–Crippen MR) is 290 cm³/mol. The van der Waals surface area contributed by atoms with E-state index in [0.717, 1.165) is 70.6 Å². The Morgan fingerprint density at radius 2 is 0.826 bits per heavy atom. The van der Waals surface area contributed by atoms with E-state index in [0.29, 0.717) is 17.4 Å². The van der Waals surface area contributed by atoms with Crippen molar-refractivity contribution in [1.82, 2.24) is 0 Å². The second kappa shape index (κ2) is 51.3. The Kier molecular flexibility index (Phi) is 49.1. The van der Waals surface area contributed by atoms with Crippen LogP contribution in [0, 0.1) is 0 Å². The van der Waals surface area contributed by atoms with Gasteiger partial charge in [0.05, 0.1) is 34.4 Å². The van der Waals surface area contributed by atoms with E-state index < -0.39 is 24.3 Å². The molecule has 69 heavy (non-hydrogen) atoms. The molecule has 0 aromatic heterocycles. The Labute approximate surface area is 425 Å². The third-order valence-corrected chi connectivity index (χ3v) is 12.3. The number of hydrogen-bond acceptors (Lipinski definition) is 7. The molecular formula is C60H108NO8+. The largest absolute Gasteiger partial charge is 0.477 e. The molecule has 0 bridgehead atoms. The number of unbranched alkanes of at least 4 members (excludes halogenated alkanes) is 27. The van der Waals surface area contributed by atoms with Crippen LogP contribution in [0.3, 0.4) is 0 Å². The maximum absolute atomic E-state index is 12.9. The molecule has 0 fully saturated rings. The fourth-order valence-corrected chi connectivity index (χ4v) is 7.92. The molecule has 0 rings (SSSR count). The summed E-state index contributed by atoms with van der Waals surface area (Å²) < 4.78 is 22.9. The number of carboxylic acid groups (broad SMARTS) is 1. The summed E-state index contributed by atoms with van der Waals surface area (Å²) >= 11 is 0. The van der Waals surface area contributed by atoms with Gasteiger partial charge in [0.2, 0.25) is 0 Å². The zero-order chi connectivity index (χ0) is 50.6. The average molecular weight is 972 g/mol. The number of carbonyl (C=O) groups excluding carboxylic acids is 2.